The van der Waals surface area contributed by atoms with Crippen molar-refractivity contribution in [3.63, 3.8) is 0 Å². The molecule has 4 N–H and O–H groups in total. The van der Waals surface area contributed by atoms with Gasteiger partial charge >= 0.3 is 7.60 Å². The first-order valence-corrected chi connectivity index (χ1v) is 4.61. The Kier molecular flexibility index (Phi) is 1.99. The van der Waals surface area contributed by atoms with E-state index in [2.05, 4.69) is 5.10 Å². The van der Waals surface area contributed by atoms with Gasteiger partial charge in [0.15, 0.2) is 0 Å². The molecule has 0 atom stereocenters. The minimum Gasteiger partial charge on any atom is -0.382 e. The predicted octanol–water partition coefficient (Wildman–Crippen LogP) is -0.400. The second-order valence-electron chi connectivity index (χ2n) is 2.09. The number of nitrogen functional groups attached to an aromatic ring is 1. The topological polar surface area (TPSA) is 101 Å². The third-order valence-electron chi connectivity index (χ3n) is 0.990. The Balaban J connectivity index is 2.73. The molecule has 0 aliphatic carbocycles. The summed E-state index contributed by atoms with van der Waals surface area (Å²) in [6.45, 7) is 0. The number of hydrogen-bond donors (Lipinski definition) is 3. The van der Waals surface area contributed by atoms with Gasteiger partial charge in [-0.1, -0.05) is 0 Å². The first-order valence-electron chi connectivity index (χ1n) is 2.81. The first kappa shape index (κ1) is 8.26. The van der Waals surface area contributed by atoms with E-state index < -0.39 is 13.9 Å². The number of nitrogens with zero attached hydrogens (tertiary/aromatic N) is 2. The van der Waals surface area contributed by atoms with Crippen molar-refractivity contribution >= 4 is 13.4 Å². The largest absolute Gasteiger partial charge is 0.382 e. The van der Waals surface area contributed by atoms with Gasteiger partial charge in [0.1, 0.15) is 12.1 Å². The average Bonchev–Trinajstić information content (AvgIpc) is 2.10. The summed E-state index contributed by atoms with van der Waals surface area (Å²) >= 11 is 0. The Morgan fingerprint density at radius 3 is 2.73 bits per heavy atom. The maximum absolute atomic E-state index is 10.4. The summed E-state index contributed by atoms with van der Waals surface area (Å²) in [5, 5.41) is 3.60. The fourth-order valence-corrected chi connectivity index (χ4v) is 1.18. The van der Waals surface area contributed by atoms with Gasteiger partial charge in [0.05, 0.1) is 0 Å². The monoisotopic (exact) mass is 177 g/mol. The van der Waals surface area contributed by atoms with Crippen LogP contribution in [0.3, 0.4) is 0 Å². The van der Waals surface area contributed by atoms with Crippen LogP contribution in [0.15, 0.2) is 12.3 Å². The van der Waals surface area contributed by atoms with Gasteiger partial charge in [-0.05, 0) is 6.07 Å². The van der Waals surface area contributed by atoms with Crippen molar-refractivity contribution in [1.82, 2.24) is 9.78 Å². The third-order valence-corrected chi connectivity index (χ3v) is 1.65. The highest BCUT2D eigenvalue weighted by molar-refractivity contribution is 7.50. The number of nitrogens with two attached hydrogens (primary N) is 1. The quantitative estimate of drug-likeness (QED) is 0.533. The van der Waals surface area contributed by atoms with Crippen LogP contribution >= 0.6 is 7.60 Å². The van der Waals surface area contributed by atoms with Crippen LogP contribution in [0, 0.1) is 0 Å². The second kappa shape index (κ2) is 2.65. The molecule has 0 bridgehead atoms. The minimum absolute atomic E-state index is 0.249. The molecule has 6 nitrogen and oxygen atoms in total. The van der Waals surface area contributed by atoms with E-state index in [-0.39, 0.29) is 5.82 Å². The molecule has 1 heterocycles. The van der Waals surface area contributed by atoms with E-state index in [0.717, 1.165) is 4.68 Å². The fraction of sp³-hybridized carbons (Fsp3) is 0.250. The number of aromatic nitrogens is 2. The Hall–Kier alpha value is -0.840. The third kappa shape index (κ3) is 2.71. The molecule has 62 valence electrons. The SMILES string of the molecule is Nc1ccn(CP(=O)(O)O)n1. The van der Waals surface area contributed by atoms with Crippen molar-refractivity contribution in [1.29, 1.82) is 0 Å². The lowest BCUT2D eigenvalue weighted by molar-refractivity contribution is 0.359. The van der Waals surface area contributed by atoms with Crippen LogP contribution in [0.2, 0.25) is 0 Å². The highest BCUT2D eigenvalue weighted by Crippen LogP contribution is 2.35. The minimum atomic E-state index is -4.03. The number of anilines is 1. The number of hydrogen-bond acceptors (Lipinski definition) is 3. The van der Waals surface area contributed by atoms with E-state index in [1.54, 1.807) is 0 Å². The standard InChI is InChI=1S/C4H8N3O3P/c5-4-1-2-7(6-4)3-11(8,9)10/h1-2H,3H2,(H2,5,6)(H2,8,9,10). The summed E-state index contributed by atoms with van der Waals surface area (Å²) in [6, 6.07) is 1.47. The van der Waals surface area contributed by atoms with Gasteiger partial charge in [-0.15, -0.1) is 0 Å². The molecule has 0 radical (unpaired) electrons. The first-order chi connectivity index (χ1) is 4.97. The Bertz CT molecular complexity index is 291. The van der Waals surface area contributed by atoms with Crippen LogP contribution in [0.4, 0.5) is 5.82 Å². The summed E-state index contributed by atoms with van der Waals surface area (Å²) in [4.78, 5) is 17.0. The zero-order valence-electron chi connectivity index (χ0n) is 5.58. The molecule has 1 rings (SSSR count). The van der Waals surface area contributed by atoms with Gasteiger partial charge in [0.2, 0.25) is 0 Å². The van der Waals surface area contributed by atoms with Gasteiger partial charge in [-0.2, -0.15) is 5.10 Å². The van der Waals surface area contributed by atoms with Crippen LogP contribution in [0.1, 0.15) is 0 Å². The number of rotatable bonds is 2. The van der Waals surface area contributed by atoms with Crippen molar-refractivity contribution in [2.45, 2.75) is 6.29 Å². The molecule has 0 saturated heterocycles. The van der Waals surface area contributed by atoms with Crippen LogP contribution in [0.5, 0.6) is 0 Å². The lowest BCUT2D eigenvalue weighted by atomic mass is 10.7. The molecular formula is C4H8N3O3P. The van der Waals surface area contributed by atoms with E-state index in [0.29, 0.717) is 0 Å². The van der Waals surface area contributed by atoms with Gasteiger partial charge in [0, 0.05) is 6.20 Å². The summed E-state index contributed by atoms with van der Waals surface area (Å²) < 4.78 is 11.5. The van der Waals surface area contributed by atoms with Crippen molar-refractivity contribution < 1.29 is 14.4 Å². The molecule has 1 aromatic heterocycles. The summed E-state index contributed by atoms with van der Waals surface area (Å²) in [5.41, 5.74) is 5.21. The predicted molar refractivity (Wildman–Crippen MR) is 38.7 cm³/mol. The molecular weight excluding hydrogens is 169 g/mol. The van der Waals surface area contributed by atoms with Gasteiger partial charge < -0.3 is 15.5 Å². The second-order valence-corrected chi connectivity index (χ2v) is 3.70. The van der Waals surface area contributed by atoms with E-state index in [4.69, 9.17) is 15.5 Å². The Morgan fingerprint density at radius 2 is 2.36 bits per heavy atom. The Morgan fingerprint density at radius 1 is 1.73 bits per heavy atom. The van der Waals surface area contributed by atoms with Crippen LogP contribution < -0.4 is 5.73 Å². The van der Waals surface area contributed by atoms with Gasteiger partial charge in [-0.3, -0.25) is 9.25 Å². The van der Waals surface area contributed by atoms with Crippen molar-refractivity contribution in [2.24, 2.45) is 0 Å². The van der Waals surface area contributed by atoms with E-state index in [9.17, 15) is 4.57 Å². The Labute approximate surface area is 62.8 Å². The summed E-state index contributed by atoms with van der Waals surface area (Å²) in [6.07, 6.45) is 0.985. The van der Waals surface area contributed by atoms with Crippen molar-refractivity contribution in [3.8, 4) is 0 Å². The average molecular weight is 177 g/mol. The van der Waals surface area contributed by atoms with Gasteiger partial charge in [0.25, 0.3) is 0 Å². The molecule has 0 saturated carbocycles. The smallest absolute Gasteiger partial charge is 0.346 e. The highest BCUT2D eigenvalue weighted by atomic mass is 31.2. The molecule has 1 aromatic rings. The van der Waals surface area contributed by atoms with E-state index in [1.807, 2.05) is 0 Å². The highest BCUT2D eigenvalue weighted by Gasteiger charge is 2.13. The maximum atomic E-state index is 10.4. The molecule has 0 fully saturated rings. The molecule has 0 spiro atoms. The van der Waals surface area contributed by atoms with Crippen LogP contribution in [-0.2, 0) is 10.9 Å². The molecule has 0 amide bonds. The maximum Gasteiger partial charge on any atom is 0.346 e. The lowest BCUT2D eigenvalue weighted by Gasteiger charge is -2.01. The lowest BCUT2D eigenvalue weighted by Crippen LogP contribution is -1.99. The molecule has 0 aromatic carbocycles. The molecule has 0 aliphatic rings. The molecule has 11 heavy (non-hydrogen) atoms. The zero-order valence-corrected chi connectivity index (χ0v) is 6.48. The van der Waals surface area contributed by atoms with E-state index >= 15 is 0 Å². The fourth-order valence-electron chi connectivity index (χ4n) is 0.645. The molecule has 0 unspecified atom stereocenters. The molecule has 0 aliphatic heterocycles. The summed E-state index contributed by atoms with van der Waals surface area (Å²) in [5.74, 6) is 0.249. The van der Waals surface area contributed by atoms with Crippen LogP contribution in [0.25, 0.3) is 0 Å². The van der Waals surface area contributed by atoms with Crippen molar-refractivity contribution in [3.05, 3.63) is 12.3 Å². The van der Waals surface area contributed by atoms with E-state index in [1.165, 1.54) is 12.3 Å². The molecule has 7 heteroatoms. The van der Waals surface area contributed by atoms with Crippen LogP contribution in [-0.4, -0.2) is 19.6 Å². The normalized spacial score (nSPS) is 11.8. The summed E-state index contributed by atoms with van der Waals surface area (Å²) in [7, 11) is -4.03. The zero-order chi connectivity index (χ0) is 8.48. The van der Waals surface area contributed by atoms with Crippen molar-refractivity contribution in [2.75, 3.05) is 5.73 Å². The van der Waals surface area contributed by atoms with Gasteiger partial charge in [-0.25, -0.2) is 0 Å².